The Morgan fingerprint density at radius 1 is 0.957 bits per heavy atom. The van der Waals surface area contributed by atoms with Gasteiger partial charge in [0, 0.05) is 14.3 Å². The molecule has 3 N–H and O–H groups in total. The van der Waals surface area contributed by atoms with Crippen LogP contribution < -0.4 is 11.1 Å². The molecule has 2 amide bonds. The second-order valence-corrected chi connectivity index (χ2v) is 7.41. The van der Waals surface area contributed by atoms with Crippen LogP contribution >= 0.6 is 39.5 Å². The Bertz CT molecular complexity index is 710. The summed E-state index contributed by atoms with van der Waals surface area (Å²) in [6, 6.07) is 15.1. The van der Waals surface area contributed by atoms with Crippen molar-refractivity contribution in [1.29, 1.82) is 0 Å². The Kier molecular flexibility index (Phi) is 7.01. The summed E-state index contributed by atoms with van der Waals surface area (Å²) >= 11 is 6.23. The van der Waals surface area contributed by atoms with E-state index in [9.17, 15) is 9.59 Å². The number of hydrogen-bond donors (Lipinski definition) is 2. The maximum atomic E-state index is 12.1. The minimum Gasteiger partial charge on any atom is -0.369 e. The van der Waals surface area contributed by atoms with E-state index in [2.05, 4.69) is 21.2 Å². The molecule has 120 valence electrons. The molecule has 0 fully saturated rings. The van der Waals surface area contributed by atoms with Gasteiger partial charge in [-0.1, -0.05) is 24.3 Å². The van der Waals surface area contributed by atoms with Crippen LogP contribution in [0.15, 0.2) is 62.8 Å². The highest BCUT2D eigenvalue weighted by atomic mass is 79.9. The number of carbonyl (C=O) groups excluding carboxylic acids is 2. The van der Waals surface area contributed by atoms with Crippen LogP contribution in [0.1, 0.15) is 0 Å². The molecule has 0 atom stereocenters. The van der Waals surface area contributed by atoms with Crippen molar-refractivity contribution in [1.82, 2.24) is 0 Å². The van der Waals surface area contributed by atoms with E-state index in [1.807, 2.05) is 48.5 Å². The van der Waals surface area contributed by atoms with Crippen molar-refractivity contribution in [2.75, 3.05) is 16.8 Å². The normalized spacial score (nSPS) is 10.3. The number of nitrogens with two attached hydrogens (primary N) is 1. The number of primary amides is 1. The van der Waals surface area contributed by atoms with Crippen LogP contribution in [0.25, 0.3) is 0 Å². The summed E-state index contributed by atoms with van der Waals surface area (Å²) in [6.07, 6.45) is 0. The summed E-state index contributed by atoms with van der Waals surface area (Å²) in [5.41, 5.74) is 5.85. The molecule has 4 nitrogen and oxygen atoms in total. The van der Waals surface area contributed by atoms with E-state index in [0.717, 1.165) is 14.3 Å². The summed E-state index contributed by atoms with van der Waals surface area (Å²) in [4.78, 5) is 24.9. The van der Waals surface area contributed by atoms with Gasteiger partial charge in [-0.15, -0.1) is 23.5 Å². The lowest BCUT2D eigenvalue weighted by Gasteiger charge is -2.10. The molecule has 0 bridgehead atoms. The van der Waals surface area contributed by atoms with Gasteiger partial charge < -0.3 is 11.1 Å². The second-order valence-electron chi connectivity index (χ2n) is 4.52. The molecule has 7 heteroatoms. The number of halogens is 1. The smallest absolute Gasteiger partial charge is 0.234 e. The summed E-state index contributed by atoms with van der Waals surface area (Å²) < 4.78 is 0.968. The lowest BCUT2D eigenvalue weighted by atomic mass is 10.3. The van der Waals surface area contributed by atoms with Gasteiger partial charge in [0.1, 0.15) is 0 Å². The lowest BCUT2D eigenvalue weighted by Crippen LogP contribution is -2.16. The van der Waals surface area contributed by atoms with Crippen LogP contribution in [-0.4, -0.2) is 23.3 Å². The molecule has 0 spiro atoms. The number of thioether (sulfide) groups is 2. The Labute approximate surface area is 151 Å². The molecule has 0 unspecified atom stereocenters. The van der Waals surface area contributed by atoms with Crippen molar-refractivity contribution in [3.8, 4) is 0 Å². The number of nitrogens with one attached hydrogen (secondary N) is 1. The molecule has 2 rings (SSSR count). The molecule has 0 aliphatic rings. The summed E-state index contributed by atoms with van der Waals surface area (Å²) in [6.45, 7) is 0. The Hall–Kier alpha value is -1.44. The van der Waals surface area contributed by atoms with E-state index in [1.165, 1.54) is 23.5 Å². The minimum absolute atomic E-state index is 0.0992. The van der Waals surface area contributed by atoms with Gasteiger partial charge >= 0.3 is 0 Å². The molecular weight excluding hydrogens is 396 g/mol. The highest BCUT2D eigenvalue weighted by Gasteiger charge is 2.09. The first-order valence-corrected chi connectivity index (χ1v) is 9.50. The van der Waals surface area contributed by atoms with Gasteiger partial charge in [0.25, 0.3) is 0 Å². The fourth-order valence-corrected chi connectivity index (χ4v) is 3.85. The summed E-state index contributed by atoms with van der Waals surface area (Å²) in [5.74, 6) is -0.00534. The fraction of sp³-hybridized carbons (Fsp3) is 0.125. The molecule has 0 aromatic heterocycles. The average Bonchev–Trinajstić information content (AvgIpc) is 2.53. The monoisotopic (exact) mass is 410 g/mol. The van der Waals surface area contributed by atoms with Gasteiger partial charge in [-0.05, 0) is 40.2 Å². The van der Waals surface area contributed by atoms with E-state index >= 15 is 0 Å². The first-order chi connectivity index (χ1) is 11.1. The average molecular weight is 411 g/mol. The lowest BCUT2D eigenvalue weighted by molar-refractivity contribution is -0.115. The third-order valence-electron chi connectivity index (χ3n) is 2.73. The van der Waals surface area contributed by atoms with E-state index in [-0.39, 0.29) is 17.6 Å². The number of para-hydroxylation sites is 1. The van der Waals surface area contributed by atoms with Crippen LogP contribution in [0.3, 0.4) is 0 Å². The minimum atomic E-state index is -0.388. The van der Waals surface area contributed by atoms with Crippen molar-refractivity contribution in [3.05, 3.63) is 53.0 Å². The number of anilines is 1. The molecule has 0 aliphatic heterocycles. The predicted octanol–water partition coefficient (Wildman–Crippen LogP) is 3.76. The van der Waals surface area contributed by atoms with Gasteiger partial charge in [-0.2, -0.15) is 0 Å². The van der Waals surface area contributed by atoms with Crippen molar-refractivity contribution in [2.24, 2.45) is 5.73 Å². The van der Waals surface area contributed by atoms with E-state index < -0.39 is 0 Å². The third-order valence-corrected chi connectivity index (χ3v) is 5.85. The van der Waals surface area contributed by atoms with Crippen molar-refractivity contribution in [3.63, 3.8) is 0 Å². The first-order valence-electron chi connectivity index (χ1n) is 6.73. The maximum Gasteiger partial charge on any atom is 0.234 e. The number of rotatable bonds is 7. The topological polar surface area (TPSA) is 72.2 Å². The molecule has 0 aliphatic carbocycles. The molecule has 0 saturated carbocycles. The molecule has 23 heavy (non-hydrogen) atoms. The highest BCUT2D eigenvalue weighted by Crippen LogP contribution is 2.29. The van der Waals surface area contributed by atoms with Crippen LogP contribution in [0.2, 0.25) is 0 Å². The summed E-state index contributed by atoms with van der Waals surface area (Å²) in [7, 11) is 0. The molecular formula is C16H15BrN2O2S2. The van der Waals surface area contributed by atoms with Crippen LogP contribution in [0.5, 0.6) is 0 Å². The van der Waals surface area contributed by atoms with Crippen molar-refractivity contribution < 1.29 is 9.59 Å². The zero-order valence-corrected chi connectivity index (χ0v) is 15.3. The number of carbonyl (C=O) groups is 2. The SMILES string of the molecule is NC(=O)CSc1ccccc1NC(=O)CSc1ccccc1Br. The molecule has 0 heterocycles. The van der Waals surface area contributed by atoms with Crippen molar-refractivity contribution >= 4 is 57.0 Å². The highest BCUT2D eigenvalue weighted by molar-refractivity contribution is 9.10. The molecule has 2 aromatic carbocycles. The second kappa shape index (κ2) is 9.00. The van der Waals surface area contributed by atoms with Crippen molar-refractivity contribution in [2.45, 2.75) is 9.79 Å². The van der Waals surface area contributed by atoms with Gasteiger partial charge in [0.05, 0.1) is 17.2 Å². The zero-order valence-electron chi connectivity index (χ0n) is 12.1. The molecule has 0 radical (unpaired) electrons. The van der Waals surface area contributed by atoms with Crippen LogP contribution in [0.4, 0.5) is 5.69 Å². The Morgan fingerprint density at radius 2 is 1.57 bits per heavy atom. The van der Waals surface area contributed by atoms with E-state index in [4.69, 9.17) is 5.73 Å². The van der Waals surface area contributed by atoms with Gasteiger partial charge in [0.2, 0.25) is 11.8 Å². The maximum absolute atomic E-state index is 12.1. The Morgan fingerprint density at radius 3 is 2.26 bits per heavy atom. The largest absolute Gasteiger partial charge is 0.369 e. The predicted molar refractivity (Wildman–Crippen MR) is 99.9 cm³/mol. The fourth-order valence-electron chi connectivity index (χ4n) is 1.74. The standard InChI is InChI=1S/C16H15BrN2O2S2/c17-11-5-1-3-7-13(11)23-10-16(21)19-12-6-2-4-8-14(12)22-9-15(18)20/h1-8H,9-10H2,(H2,18,20)(H,19,21). The number of benzene rings is 2. The van der Waals surface area contributed by atoms with E-state index in [0.29, 0.717) is 11.4 Å². The van der Waals surface area contributed by atoms with E-state index in [1.54, 1.807) is 0 Å². The van der Waals surface area contributed by atoms with Gasteiger partial charge in [0.15, 0.2) is 0 Å². The van der Waals surface area contributed by atoms with Crippen LogP contribution in [0, 0.1) is 0 Å². The zero-order chi connectivity index (χ0) is 16.7. The van der Waals surface area contributed by atoms with Gasteiger partial charge in [-0.3, -0.25) is 9.59 Å². The Balaban J connectivity index is 1.95. The van der Waals surface area contributed by atoms with Gasteiger partial charge in [-0.25, -0.2) is 0 Å². The number of amides is 2. The summed E-state index contributed by atoms with van der Waals surface area (Å²) in [5, 5.41) is 2.88. The third kappa shape index (κ3) is 5.93. The molecule has 0 saturated heterocycles. The molecule has 2 aromatic rings. The quantitative estimate of drug-likeness (QED) is 0.681. The number of hydrogen-bond acceptors (Lipinski definition) is 4. The van der Waals surface area contributed by atoms with Crippen LogP contribution in [-0.2, 0) is 9.59 Å². The first kappa shape index (κ1) is 17.9.